The van der Waals surface area contributed by atoms with Gasteiger partial charge >= 0.3 is 0 Å². The highest BCUT2D eigenvalue weighted by molar-refractivity contribution is 7.14. The van der Waals surface area contributed by atoms with E-state index in [0.717, 1.165) is 24.4 Å². The predicted molar refractivity (Wildman–Crippen MR) is 133 cm³/mol. The predicted octanol–water partition coefficient (Wildman–Crippen LogP) is 3.68. The van der Waals surface area contributed by atoms with Gasteiger partial charge in [-0.05, 0) is 41.9 Å². The zero-order valence-electron chi connectivity index (χ0n) is 18.8. The number of benzene rings is 1. The summed E-state index contributed by atoms with van der Waals surface area (Å²) in [5.41, 5.74) is 1.74. The monoisotopic (exact) mass is 507 g/mol. The van der Waals surface area contributed by atoms with Crippen LogP contribution >= 0.6 is 22.9 Å². The molecule has 1 unspecified atom stereocenters. The van der Waals surface area contributed by atoms with Crippen molar-refractivity contribution in [2.45, 2.75) is 12.8 Å². The number of carbonyl (C=O) groups is 3. The van der Waals surface area contributed by atoms with E-state index in [-0.39, 0.29) is 27.9 Å². The summed E-state index contributed by atoms with van der Waals surface area (Å²) in [6.07, 6.45) is 3.34. The number of rotatable bonds is 7. The fourth-order valence-corrected chi connectivity index (χ4v) is 5.44. The van der Waals surface area contributed by atoms with Crippen molar-refractivity contribution >= 4 is 56.6 Å². The molecule has 0 radical (unpaired) electrons. The maximum Gasteiger partial charge on any atom is 0.299 e. The van der Waals surface area contributed by atoms with Gasteiger partial charge in [-0.3, -0.25) is 19.7 Å². The average Bonchev–Trinajstić information content (AvgIpc) is 3.64. The smallest absolute Gasteiger partial charge is 0.299 e. The molecule has 0 aliphatic carbocycles. The lowest BCUT2D eigenvalue weighted by atomic mass is 9.99. The second kappa shape index (κ2) is 9.88. The molecule has 3 aromatic heterocycles. The molecule has 1 N–H and O–H groups in total. The number of fused-ring (bicyclic) bond motifs is 1. The molecule has 35 heavy (non-hydrogen) atoms. The number of carbonyl (C=O) groups excluding carboxylic acids is 3. The van der Waals surface area contributed by atoms with E-state index in [1.54, 1.807) is 16.3 Å². The fourth-order valence-electron chi connectivity index (χ4n) is 4.18. The Morgan fingerprint density at radius 1 is 1.23 bits per heavy atom. The Balaban J connectivity index is 1.38. The Morgan fingerprint density at radius 2 is 2.06 bits per heavy atom. The van der Waals surface area contributed by atoms with Crippen molar-refractivity contribution in [2.24, 2.45) is 5.92 Å². The van der Waals surface area contributed by atoms with Crippen LogP contribution in [0.15, 0.2) is 48.0 Å². The van der Waals surface area contributed by atoms with Crippen LogP contribution in [0.25, 0.3) is 11.0 Å². The van der Waals surface area contributed by atoms with E-state index in [2.05, 4.69) is 31.8 Å². The number of aromatic nitrogens is 3. The highest BCUT2D eigenvalue weighted by Gasteiger charge is 2.31. The number of nitrogens with one attached hydrogen (secondary N) is 1. The molecule has 0 saturated carbocycles. The topological polar surface area (TPSA) is 114 Å². The molecule has 1 aromatic carbocycles. The van der Waals surface area contributed by atoms with Crippen LogP contribution in [0.5, 0.6) is 5.88 Å². The minimum absolute atomic E-state index is 0.113. The number of ketones is 1. The van der Waals surface area contributed by atoms with Gasteiger partial charge in [0.25, 0.3) is 17.6 Å². The summed E-state index contributed by atoms with van der Waals surface area (Å²) in [5.74, 6) is -1.30. The van der Waals surface area contributed by atoms with Gasteiger partial charge in [0.2, 0.25) is 5.88 Å². The molecule has 1 aliphatic heterocycles. The van der Waals surface area contributed by atoms with Gasteiger partial charge in [0.15, 0.2) is 10.8 Å². The van der Waals surface area contributed by atoms with Crippen LogP contribution in [0.1, 0.15) is 32.0 Å². The van der Waals surface area contributed by atoms with Crippen molar-refractivity contribution < 1.29 is 19.1 Å². The Kier molecular flexibility index (Phi) is 6.51. The maximum atomic E-state index is 13.4. The van der Waals surface area contributed by atoms with Crippen LogP contribution in [0.4, 0.5) is 5.13 Å². The van der Waals surface area contributed by atoms with Crippen LogP contribution in [-0.4, -0.2) is 57.0 Å². The third-order valence-corrected chi connectivity index (χ3v) is 7.41. The average molecular weight is 508 g/mol. The van der Waals surface area contributed by atoms with Crippen molar-refractivity contribution in [3.63, 3.8) is 0 Å². The molecular formula is C24H21N5O4S2. The lowest BCUT2D eigenvalue weighted by Crippen LogP contribution is -2.29. The van der Waals surface area contributed by atoms with E-state index >= 15 is 0 Å². The van der Waals surface area contributed by atoms with Crippen molar-refractivity contribution in [3.8, 4) is 5.88 Å². The van der Waals surface area contributed by atoms with E-state index in [1.165, 1.54) is 30.2 Å². The van der Waals surface area contributed by atoms with Crippen molar-refractivity contribution in [1.82, 2.24) is 19.2 Å². The number of hydrogen-bond donors (Lipinski definition) is 1. The second-order valence-corrected chi connectivity index (χ2v) is 9.81. The van der Waals surface area contributed by atoms with Gasteiger partial charge in [0.05, 0.1) is 7.11 Å². The summed E-state index contributed by atoms with van der Waals surface area (Å²) >= 11 is 2.07. The Labute approximate surface area is 208 Å². The minimum atomic E-state index is -0.822. The minimum Gasteiger partial charge on any atom is -0.480 e. The van der Waals surface area contributed by atoms with Crippen LogP contribution in [-0.2, 0) is 11.2 Å². The summed E-state index contributed by atoms with van der Waals surface area (Å²) < 4.78 is 9.58. The molecule has 0 bridgehead atoms. The molecule has 5 rings (SSSR count). The van der Waals surface area contributed by atoms with Crippen LogP contribution in [0.2, 0.25) is 0 Å². The zero-order valence-corrected chi connectivity index (χ0v) is 20.4. The number of nitrogens with zero attached hydrogens (tertiary/aromatic N) is 4. The van der Waals surface area contributed by atoms with Gasteiger partial charge in [0, 0.05) is 30.1 Å². The molecule has 1 fully saturated rings. The number of thiazole rings is 1. The number of Topliss-reactive ketones (excluding diaryl/α,β-unsaturated/α-hetero) is 1. The fraction of sp³-hybridized carbons (Fsp3) is 0.250. The van der Waals surface area contributed by atoms with E-state index in [9.17, 15) is 14.4 Å². The number of anilines is 1. The number of hydrogen-bond acceptors (Lipinski definition) is 9. The van der Waals surface area contributed by atoms with Gasteiger partial charge in [-0.25, -0.2) is 4.98 Å². The first kappa shape index (κ1) is 23.1. The first-order valence-corrected chi connectivity index (χ1v) is 12.6. The van der Waals surface area contributed by atoms with Crippen molar-refractivity contribution in [3.05, 3.63) is 64.0 Å². The molecule has 4 aromatic rings. The molecule has 1 saturated heterocycles. The standard InChI is InChI=1S/C24H21N5O4S2/c1-33-22-17(23(32)29-9-7-15(13-29)11-14-5-3-2-4-6-14)12-16-19(35-28-20(16)26-22)18(30)21(31)27-24-25-8-10-34-24/h2-6,8,10,12,15H,7,9,11,13H2,1H3,(H,25,27,31). The lowest BCUT2D eigenvalue weighted by molar-refractivity contribution is -0.112. The maximum absolute atomic E-state index is 13.4. The lowest BCUT2D eigenvalue weighted by Gasteiger charge is -2.18. The van der Waals surface area contributed by atoms with Crippen molar-refractivity contribution in [1.29, 1.82) is 0 Å². The number of ether oxygens (including phenoxy) is 1. The largest absolute Gasteiger partial charge is 0.480 e. The first-order valence-electron chi connectivity index (χ1n) is 11.0. The second-order valence-electron chi connectivity index (χ2n) is 8.14. The highest BCUT2D eigenvalue weighted by Crippen LogP contribution is 2.30. The molecule has 0 spiro atoms. The van der Waals surface area contributed by atoms with Crippen molar-refractivity contribution in [2.75, 3.05) is 25.5 Å². The molecule has 2 amide bonds. The molecule has 4 heterocycles. The number of amides is 2. The van der Waals surface area contributed by atoms with E-state index < -0.39 is 11.7 Å². The summed E-state index contributed by atoms with van der Waals surface area (Å²) in [5, 5.41) is 4.85. The zero-order chi connectivity index (χ0) is 24.4. The first-order chi connectivity index (χ1) is 17.0. The quantitative estimate of drug-likeness (QED) is 0.300. The van der Waals surface area contributed by atoms with E-state index in [1.807, 2.05) is 18.2 Å². The van der Waals surface area contributed by atoms with E-state index in [4.69, 9.17) is 4.74 Å². The Morgan fingerprint density at radius 3 is 2.80 bits per heavy atom. The molecule has 1 atom stereocenters. The highest BCUT2D eigenvalue weighted by atomic mass is 32.1. The summed E-state index contributed by atoms with van der Waals surface area (Å²) in [6, 6.07) is 11.8. The van der Waals surface area contributed by atoms with Crippen LogP contribution in [0.3, 0.4) is 0 Å². The van der Waals surface area contributed by atoms with Crippen LogP contribution in [0, 0.1) is 5.92 Å². The molecule has 9 nitrogen and oxygen atoms in total. The number of likely N-dealkylation sites (tertiary alicyclic amines) is 1. The van der Waals surface area contributed by atoms with Gasteiger partial charge in [-0.2, -0.15) is 9.36 Å². The molecular weight excluding hydrogens is 486 g/mol. The summed E-state index contributed by atoms with van der Waals surface area (Å²) in [4.78, 5) is 48.9. The van der Waals surface area contributed by atoms with Gasteiger partial charge < -0.3 is 9.64 Å². The van der Waals surface area contributed by atoms with Gasteiger partial charge in [0.1, 0.15) is 10.4 Å². The number of pyridine rings is 1. The summed E-state index contributed by atoms with van der Waals surface area (Å²) in [7, 11) is 1.44. The SMILES string of the molecule is COc1nc2nsc(C(=O)C(=O)Nc3nccs3)c2cc1C(=O)N1CCC(Cc2ccccc2)C1. The van der Waals surface area contributed by atoms with Gasteiger partial charge in [-0.1, -0.05) is 30.3 Å². The van der Waals surface area contributed by atoms with E-state index in [0.29, 0.717) is 29.5 Å². The van der Waals surface area contributed by atoms with Gasteiger partial charge in [-0.15, -0.1) is 11.3 Å². The number of methoxy groups -OCH3 is 1. The summed E-state index contributed by atoms with van der Waals surface area (Å²) in [6.45, 7) is 1.25. The third-order valence-electron chi connectivity index (χ3n) is 5.86. The molecule has 1 aliphatic rings. The molecule has 11 heteroatoms. The Bertz CT molecular complexity index is 1390. The third kappa shape index (κ3) is 4.77. The normalized spacial score (nSPS) is 15.3. The molecule has 178 valence electrons. The Hall–Kier alpha value is -3.70. The van der Waals surface area contributed by atoms with Crippen LogP contribution < -0.4 is 10.1 Å².